The number of pyridine rings is 1. The Morgan fingerprint density at radius 3 is 2.73 bits per heavy atom. The Morgan fingerprint density at radius 2 is 2.09 bits per heavy atom. The summed E-state index contributed by atoms with van der Waals surface area (Å²) in [5, 5.41) is 2.80. The lowest BCUT2D eigenvalue weighted by Crippen LogP contribution is -2.34. The molecule has 1 unspecified atom stereocenters. The Labute approximate surface area is 128 Å². The van der Waals surface area contributed by atoms with Gasteiger partial charge in [0.2, 0.25) is 11.8 Å². The van der Waals surface area contributed by atoms with E-state index in [4.69, 9.17) is 0 Å². The first-order valence-electron chi connectivity index (χ1n) is 7.72. The van der Waals surface area contributed by atoms with E-state index in [2.05, 4.69) is 10.3 Å². The van der Waals surface area contributed by atoms with Crippen LogP contribution in [-0.2, 0) is 16.1 Å². The number of rotatable bonds is 4. The van der Waals surface area contributed by atoms with Crippen LogP contribution in [-0.4, -0.2) is 34.3 Å². The van der Waals surface area contributed by atoms with Crippen molar-refractivity contribution in [1.29, 1.82) is 0 Å². The quantitative estimate of drug-likeness (QED) is 0.855. The Balaban J connectivity index is 1.61. The van der Waals surface area contributed by atoms with Gasteiger partial charge in [-0.2, -0.15) is 0 Å². The zero-order valence-corrected chi connectivity index (χ0v) is 12.9. The molecule has 2 amide bonds. The highest BCUT2D eigenvalue weighted by Crippen LogP contribution is 2.32. The standard InChI is InChI=1S/C16H21N3O3/c1-9-5-10(2)18-16(22)13(9)7-17-15(21)11-6-14(20)19(8-11)12-3-4-12/h5,11-12H,3-4,6-8H2,1-2H3,(H,17,21)(H,18,22). The Kier molecular flexibility index (Phi) is 3.76. The van der Waals surface area contributed by atoms with Gasteiger partial charge in [0.15, 0.2) is 0 Å². The van der Waals surface area contributed by atoms with Gasteiger partial charge in [-0.25, -0.2) is 0 Å². The highest BCUT2D eigenvalue weighted by molar-refractivity contribution is 5.89. The smallest absolute Gasteiger partial charge is 0.253 e. The summed E-state index contributed by atoms with van der Waals surface area (Å²) in [4.78, 5) is 40.6. The molecule has 1 aromatic rings. The number of carbonyl (C=O) groups is 2. The zero-order valence-electron chi connectivity index (χ0n) is 12.9. The van der Waals surface area contributed by atoms with Crippen molar-refractivity contribution in [3.05, 3.63) is 33.2 Å². The molecule has 6 heteroatoms. The summed E-state index contributed by atoms with van der Waals surface area (Å²) in [6.07, 6.45) is 2.39. The Bertz CT molecular complexity index is 676. The highest BCUT2D eigenvalue weighted by atomic mass is 16.2. The third-order valence-corrected chi connectivity index (χ3v) is 4.45. The normalized spacial score (nSPS) is 21.3. The number of aromatic amines is 1. The van der Waals surface area contributed by atoms with Gasteiger partial charge in [-0.1, -0.05) is 0 Å². The minimum atomic E-state index is -0.294. The van der Waals surface area contributed by atoms with Crippen molar-refractivity contribution in [1.82, 2.24) is 15.2 Å². The number of aromatic nitrogens is 1. The van der Waals surface area contributed by atoms with E-state index in [1.165, 1.54) is 0 Å². The van der Waals surface area contributed by atoms with E-state index in [1.807, 2.05) is 24.8 Å². The molecule has 1 aliphatic heterocycles. The molecule has 1 atom stereocenters. The van der Waals surface area contributed by atoms with Crippen molar-refractivity contribution >= 4 is 11.8 Å². The average Bonchev–Trinajstić information content (AvgIpc) is 3.20. The fourth-order valence-corrected chi connectivity index (χ4v) is 3.07. The molecule has 0 spiro atoms. The van der Waals surface area contributed by atoms with Gasteiger partial charge in [-0.3, -0.25) is 14.4 Å². The SMILES string of the molecule is Cc1cc(C)c(CNC(=O)C2CC(=O)N(C3CC3)C2)c(=O)[nH]1. The largest absolute Gasteiger partial charge is 0.351 e. The summed E-state index contributed by atoms with van der Waals surface area (Å²) in [5.74, 6) is -0.360. The number of likely N-dealkylation sites (tertiary alicyclic amines) is 1. The van der Waals surface area contributed by atoms with Gasteiger partial charge in [0.25, 0.3) is 5.56 Å². The molecule has 1 aliphatic carbocycles. The molecule has 6 nitrogen and oxygen atoms in total. The molecule has 0 aromatic carbocycles. The van der Waals surface area contributed by atoms with Gasteiger partial charge in [0, 0.05) is 36.8 Å². The first kappa shape index (κ1) is 14.8. The lowest BCUT2D eigenvalue weighted by Gasteiger charge is -2.15. The Morgan fingerprint density at radius 1 is 1.36 bits per heavy atom. The molecule has 22 heavy (non-hydrogen) atoms. The summed E-state index contributed by atoms with van der Waals surface area (Å²) < 4.78 is 0. The van der Waals surface area contributed by atoms with Gasteiger partial charge in [0.1, 0.15) is 0 Å². The van der Waals surface area contributed by atoms with Crippen molar-refractivity contribution in [3.8, 4) is 0 Å². The maximum absolute atomic E-state index is 12.2. The topological polar surface area (TPSA) is 82.3 Å². The van der Waals surface area contributed by atoms with Gasteiger partial charge >= 0.3 is 0 Å². The van der Waals surface area contributed by atoms with Crippen LogP contribution in [0.4, 0.5) is 0 Å². The van der Waals surface area contributed by atoms with Gasteiger partial charge in [-0.15, -0.1) is 0 Å². The van der Waals surface area contributed by atoms with Crippen molar-refractivity contribution in [2.45, 2.75) is 45.7 Å². The van der Waals surface area contributed by atoms with Crippen molar-refractivity contribution in [2.24, 2.45) is 5.92 Å². The number of nitrogens with zero attached hydrogens (tertiary/aromatic N) is 1. The van der Waals surface area contributed by atoms with E-state index in [0.717, 1.165) is 24.1 Å². The maximum Gasteiger partial charge on any atom is 0.253 e. The molecular formula is C16H21N3O3. The minimum Gasteiger partial charge on any atom is -0.351 e. The van der Waals surface area contributed by atoms with Gasteiger partial charge in [0.05, 0.1) is 5.92 Å². The van der Waals surface area contributed by atoms with Crippen molar-refractivity contribution in [3.63, 3.8) is 0 Å². The van der Waals surface area contributed by atoms with Crippen LogP contribution in [0.15, 0.2) is 10.9 Å². The van der Waals surface area contributed by atoms with Crippen molar-refractivity contribution in [2.75, 3.05) is 6.54 Å². The Hall–Kier alpha value is -2.11. The van der Waals surface area contributed by atoms with E-state index in [0.29, 0.717) is 18.2 Å². The van der Waals surface area contributed by atoms with Crippen LogP contribution in [0.3, 0.4) is 0 Å². The van der Waals surface area contributed by atoms with Crippen LogP contribution < -0.4 is 10.9 Å². The number of H-pyrrole nitrogens is 1. The maximum atomic E-state index is 12.2. The third-order valence-electron chi connectivity index (χ3n) is 4.45. The number of nitrogens with one attached hydrogen (secondary N) is 2. The molecule has 2 heterocycles. The number of aryl methyl sites for hydroxylation is 2. The molecule has 3 rings (SSSR count). The molecule has 118 valence electrons. The van der Waals surface area contributed by atoms with E-state index >= 15 is 0 Å². The van der Waals surface area contributed by atoms with E-state index < -0.39 is 0 Å². The van der Waals surface area contributed by atoms with Crippen LogP contribution in [0.1, 0.15) is 36.1 Å². The highest BCUT2D eigenvalue weighted by Gasteiger charge is 2.41. The van der Waals surface area contributed by atoms with E-state index in [1.54, 1.807) is 0 Å². The molecule has 0 bridgehead atoms. The number of hydrogen-bond donors (Lipinski definition) is 2. The number of carbonyl (C=O) groups excluding carboxylic acids is 2. The number of amides is 2. The number of hydrogen-bond acceptors (Lipinski definition) is 3. The summed E-state index contributed by atoms with van der Waals surface area (Å²) in [7, 11) is 0. The van der Waals surface area contributed by atoms with Gasteiger partial charge in [-0.05, 0) is 38.3 Å². The second-order valence-corrected chi connectivity index (χ2v) is 6.34. The average molecular weight is 303 g/mol. The molecule has 2 N–H and O–H groups in total. The fourth-order valence-electron chi connectivity index (χ4n) is 3.07. The van der Waals surface area contributed by atoms with E-state index in [-0.39, 0.29) is 36.3 Å². The lowest BCUT2D eigenvalue weighted by molar-refractivity contribution is -0.129. The van der Waals surface area contributed by atoms with Gasteiger partial charge < -0.3 is 15.2 Å². The molecule has 1 saturated carbocycles. The lowest BCUT2D eigenvalue weighted by atomic mass is 10.1. The molecule has 2 fully saturated rings. The predicted octanol–water partition coefficient (Wildman–Crippen LogP) is 0.619. The molecule has 0 radical (unpaired) electrons. The third kappa shape index (κ3) is 2.91. The second kappa shape index (κ2) is 5.59. The van der Waals surface area contributed by atoms with Crippen LogP contribution in [0.2, 0.25) is 0 Å². The minimum absolute atomic E-state index is 0.0759. The second-order valence-electron chi connectivity index (χ2n) is 6.34. The summed E-state index contributed by atoms with van der Waals surface area (Å²) in [6, 6.07) is 2.24. The molecule has 1 saturated heterocycles. The predicted molar refractivity (Wildman–Crippen MR) is 81.2 cm³/mol. The summed E-state index contributed by atoms with van der Waals surface area (Å²) in [5.41, 5.74) is 2.07. The molecular weight excluding hydrogens is 282 g/mol. The van der Waals surface area contributed by atoms with E-state index in [9.17, 15) is 14.4 Å². The van der Waals surface area contributed by atoms with Crippen LogP contribution in [0.25, 0.3) is 0 Å². The summed E-state index contributed by atoms with van der Waals surface area (Å²) in [6.45, 7) is 4.40. The van der Waals surface area contributed by atoms with Crippen LogP contribution >= 0.6 is 0 Å². The van der Waals surface area contributed by atoms with Crippen molar-refractivity contribution < 1.29 is 9.59 Å². The first-order chi connectivity index (χ1) is 10.5. The van der Waals surface area contributed by atoms with Crippen LogP contribution in [0.5, 0.6) is 0 Å². The van der Waals surface area contributed by atoms with Crippen LogP contribution in [0, 0.1) is 19.8 Å². The zero-order chi connectivity index (χ0) is 15.9. The summed E-state index contributed by atoms with van der Waals surface area (Å²) >= 11 is 0. The first-order valence-corrected chi connectivity index (χ1v) is 7.72. The monoisotopic (exact) mass is 303 g/mol. The molecule has 2 aliphatic rings. The fraction of sp³-hybridized carbons (Fsp3) is 0.562. The molecule has 1 aromatic heterocycles.